The molecule has 0 fully saturated rings. The van der Waals surface area contributed by atoms with E-state index in [1.54, 1.807) is 26.0 Å². The molecule has 11 nitrogen and oxygen atoms in total. The minimum atomic E-state index is -4.14. The van der Waals surface area contributed by atoms with E-state index in [1.807, 2.05) is 63.4 Å². The summed E-state index contributed by atoms with van der Waals surface area (Å²) >= 11 is 0. The lowest BCUT2D eigenvalue weighted by atomic mass is 9.97. The Bertz CT molecular complexity index is 2550. The molecular weight excluding hydrogens is 677 g/mol. The lowest BCUT2D eigenvalue weighted by Gasteiger charge is -2.23. The summed E-state index contributed by atoms with van der Waals surface area (Å²) in [6.07, 6.45) is 0. The minimum absolute atomic E-state index is 0.124. The first kappa shape index (κ1) is 35.1. The van der Waals surface area contributed by atoms with Crippen LogP contribution in [0.1, 0.15) is 40.8 Å². The molecule has 268 valence electrons. The van der Waals surface area contributed by atoms with Crippen LogP contribution in [-0.2, 0) is 39.7 Å². The first-order chi connectivity index (χ1) is 25.0. The van der Waals surface area contributed by atoms with Crippen LogP contribution in [0.25, 0.3) is 44.6 Å². The number of nitrogens with zero attached hydrogens (tertiary/aromatic N) is 6. The maximum atomic E-state index is 14.4. The molecule has 0 aliphatic carbocycles. The van der Waals surface area contributed by atoms with Gasteiger partial charge in [-0.3, -0.25) is 0 Å². The fourth-order valence-corrected chi connectivity index (χ4v) is 8.38. The molecule has 0 N–H and O–H groups in total. The minimum Gasteiger partial charge on any atom is -0.377 e. The third-order valence-corrected chi connectivity index (χ3v) is 11.4. The van der Waals surface area contributed by atoms with E-state index < -0.39 is 10.0 Å². The van der Waals surface area contributed by atoms with Gasteiger partial charge in [-0.05, 0) is 87.2 Å². The lowest BCUT2D eigenvalue weighted by molar-refractivity contribution is 0.134. The van der Waals surface area contributed by atoms with Crippen molar-refractivity contribution in [2.24, 2.45) is 7.05 Å². The summed E-state index contributed by atoms with van der Waals surface area (Å²) in [7, 11) is -0.647. The van der Waals surface area contributed by atoms with E-state index in [1.165, 1.54) is 7.11 Å². The highest BCUT2D eigenvalue weighted by Gasteiger charge is 2.32. The summed E-state index contributed by atoms with van der Waals surface area (Å²) in [5.74, 6) is 2.51. The number of aryl methyl sites for hydroxylation is 4. The molecule has 0 aliphatic heterocycles. The van der Waals surface area contributed by atoms with Crippen molar-refractivity contribution in [3.63, 3.8) is 0 Å². The van der Waals surface area contributed by atoms with Crippen molar-refractivity contribution in [2.75, 3.05) is 24.8 Å². The highest BCUT2D eigenvalue weighted by atomic mass is 32.2. The maximum absolute atomic E-state index is 14.4. The van der Waals surface area contributed by atoms with Gasteiger partial charge in [-0.1, -0.05) is 53.7 Å². The van der Waals surface area contributed by atoms with Gasteiger partial charge in [0.1, 0.15) is 24.1 Å². The zero-order chi connectivity index (χ0) is 36.7. The average Bonchev–Trinajstić information content (AvgIpc) is 3.77. The summed E-state index contributed by atoms with van der Waals surface area (Å²) in [6.45, 7) is 10.7. The highest BCUT2D eigenvalue weighted by Crippen LogP contribution is 2.36. The van der Waals surface area contributed by atoms with Crippen molar-refractivity contribution >= 4 is 37.9 Å². The molecule has 4 aromatic carbocycles. The molecule has 0 atom stereocenters. The molecule has 0 aliphatic rings. The molecule has 0 bridgehead atoms. The Balaban J connectivity index is 1.30. The number of rotatable bonds is 12. The van der Waals surface area contributed by atoms with Crippen LogP contribution in [0.4, 0.5) is 5.82 Å². The van der Waals surface area contributed by atoms with Gasteiger partial charge in [0.25, 0.3) is 10.0 Å². The predicted octanol–water partition coefficient (Wildman–Crippen LogP) is 7.86. The molecule has 3 heterocycles. The van der Waals surface area contributed by atoms with E-state index in [0.717, 1.165) is 65.8 Å². The third kappa shape index (κ3) is 6.16. The van der Waals surface area contributed by atoms with Crippen LogP contribution in [0.5, 0.6) is 0 Å². The van der Waals surface area contributed by atoms with Crippen molar-refractivity contribution in [3.05, 3.63) is 113 Å². The van der Waals surface area contributed by atoms with Gasteiger partial charge in [0, 0.05) is 44.0 Å². The fourth-order valence-electron chi connectivity index (χ4n) is 6.80. The van der Waals surface area contributed by atoms with Gasteiger partial charge in [0.15, 0.2) is 5.82 Å². The van der Waals surface area contributed by atoms with Crippen molar-refractivity contribution in [3.8, 4) is 22.5 Å². The van der Waals surface area contributed by atoms with Crippen molar-refractivity contribution in [2.45, 2.75) is 52.7 Å². The Hall–Kier alpha value is -5.30. The summed E-state index contributed by atoms with van der Waals surface area (Å²) in [5.41, 5.74) is 9.92. The molecule has 7 aromatic rings. The zero-order valence-electron chi connectivity index (χ0n) is 30.5. The lowest BCUT2D eigenvalue weighted by Crippen LogP contribution is -2.34. The Morgan fingerprint density at radius 3 is 2.38 bits per heavy atom. The Labute approximate surface area is 303 Å². The topological polar surface area (TPSA) is 118 Å². The van der Waals surface area contributed by atoms with Crippen LogP contribution in [0.3, 0.4) is 0 Å². The summed E-state index contributed by atoms with van der Waals surface area (Å²) in [6, 6.07) is 25.6. The van der Waals surface area contributed by atoms with Crippen molar-refractivity contribution < 1.29 is 22.4 Å². The summed E-state index contributed by atoms with van der Waals surface area (Å²) in [4.78, 5) is 10.0. The second-order valence-corrected chi connectivity index (χ2v) is 14.8. The van der Waals surface area contributed by atoms with Gasteiger partial charge in [-0.25, -0.2) is 22.7 Å². The van der Waals surface area contributed by atoms with Crippen LogP contribution in [0.2, 0.25) is 0 Å². The number of ether oxygens (including phenoxy) is 2. The van der Waals surface area contributed by atoms with E-state index in [4.69, 9.17) is 24.0 Å². The number of aromatic nitrogens is 5. The van der Waals surface area contributed by atoms with E-state index in [-0.39, 0.29) is 17.4 Å². The molecular formula is C40H42N6O5S. The molecule has 0 saturated heterocycles. The molecule has 0 amide bonds. The van der Waals surface area contributed by atoms with Crippen LogP contribution in [0.15, 0.2) is 88.3 Å². The average molecular weight is 719 g/mol. The van der Waals surface area contributed by atoms with Gasteiger partial charge in [0.2, 0.25) is 0 Å². The van der Waals surface area contributed by atoms with Crippen LogP contribution in [-0.4, -0.2) is 53.1 Å². The number of imidazole rings is 2. The maximum Gasteiger partial charge on any atom is 0.268 e. The quantitative estimate of drug-likeness (QED) is 0.117. The molecule has 0 radical (unpaired) electrons. The second kappa shape index (κ2) is 14.0. The second-order valence-electron chi connectivity index (χ2n) is 13.0. The molecule has 52 heavy (non-hydrogen) atoms. The summed E-state index contributed by atoms with van der Waals surface area (Å²) in [5, 5.41) is 4.06. The highest BCUT2D eigenvalue weighted by molar-refractivity contribution is 7.93. The number of anilines is 1. The third-order valence-electron chi connectivity index (χ3n) is 9.61. The molecule has 7 rings (SSSR count). The number of fused-ring (bicyclic) bond motifs is 2. The molecule has 0 spiro atoms. The van der Waals surface area contributed by atoms with Crippen molar-refractivity contribution in [1.82, 2.24) is 24.3 Å². The summed E-state index contributed by atoms with van der Waals surface area (Å²) < 4.78 is 50.9. The molecule has 12 heteroatoms. The van der Waals surface area contributed by atoms with Gasteiger partial charge < -0.3 is 23.1 Å². The van der Waals surface area contributed by atoms with Crippen LogP contribution >= 0.6 is 0 Å². The number of methoxy groups -OCH3 is 1. The van der Waals surface area contributed by atoms with Crippen molar-refractivity contribution in [1.29, 1.82) is 0 Å². The van der Waals surface area contributed by atoms with E-state index >= 15 is 0 Å². The number of hydrogen-bond acceptors (Lipinski definition) is 8. The first-order valence-corrected chi connectivity index (χ1v) is 18.6. The van der Waals surface area contributed by atoms with E-state index in [9.17, 15) is 8.42 Å². The van der Waals surface area contributed by atoms with Crippen LogP contribution in [0, 0.1) is 27.7 Å². The number of sulfonamides is 1. The standard InChI is InChI=1S/C40H42N6O5S/c1-8-50-23-31-20-29(17-18-32(31)33-13-9-12-16-37(33)52(47,48)46(24-49-7)39-26(3)27(4)51-43-39)22-45-28(5)41-38-25(2)19-30(21-36(38)45)40-42-34-14-10-11-15-35(34)44(40)6/h9-21H,8,22-24H2,1-7H3. The van der Waals surface area contributed by atoms with Gasteiger partial charge in [0.05, 0.1) is 33.6 Å². The van der Waals surface area contributed by atoms with Gasteiger partial charge in [-0.2, -0.15) is 0 Å². The molecule has 0 unspecified atom stereocenters. The normalized spacial score (nSPS) is 12.0. The Morgan fingerprint density at radius 2 is 1.65 bits per heavy atom. The zero-order valence-corrected chi connectivity index (χ0v) is 31.3. The van der Waals surface area contributed by atoms with Crippen LogP contribution < -0.4 is 4.31 Å². The molecule has 3 aromatic heterocycles. The number of hydrogen-bond donors (Lipinski definition) is 0. The monoisotopic (exact) mass is 718 g/mol. The fraction of sp³-hybridized carbons (Fsp3) is 0.275. The van der Waals surface area contributed by atoms with Gasteiger partial charge >= 0.3 is 0 Å². The Morgan fingerprint density at radius 1 is 0.885 bits per heavy atom. The van der Waals surface area contributed by atoms with Gasteiger partial charge in [-0.15, -0.1) is 0 Å². The predicted molar refractivity (Wildman–Crippen MR) is 203 cm³/mol. The smallest absolute Gasteiger partial charge is 0.268 e. The van der Waals surface area contributed by atoms with E-state index in [2.05, 4.69) is 45.5 Å². The molecule has 0 saturated carbocycles. The Kier molecular flexibility index (Phi) is 9.47. The van der Waals surface area contributed by atoms with E-state index in [0.29, 0.717) is 36.6 Å². The first-order valence-electron chi connectivity index (χ1n) is 17.2. The number of benzene rings is 4. The largest absolute Gasteiger partial charge is 0.377 e. The number of para-hydroxylation sites is 2. The SMILES string of the molecule is CCOCc1cc(Cn2c(C)nc3c(C)cc(-c4nc5ccccc5n4C)cc32)ccc1-c1ccccc1S(=O)(=O)N(COC)c1noc(C)c1C.